The molecule has 3 heterocycles. The smallest absolute Gasteiger partial charge is 0.190 e. The van der Waals surface area contributed by atoms with E-state index in [1.807, 2.05) is 23.6 Å². The normalized spacial score (nSPS) is 15.8. The summed E-state index contributed by atoms with van der Waals surface area (Å²) >= 11 is 1.92. The molecule has 1 unspecified atom stereocenters. The Labute approximate surface area is 266 Å². The van der Waals surface area contributed by atoms with Crippen molar-refractivity contribution in [3.63, 3.8) is 0 Å². The molecule has 212 valence electrons. The van der Waals surface area contributed by atoms with E-state index in [-0.39, 0.29) is 5.92 Å². The highest BCUT2D eigenvalue weighted by atomic mass is 32.1. The van der Waals surface area contributed by atoms with Gasteiger partial charge in [-0.05, 0) is 93.9 Å². The van der Waals surface area contributed by atoms with Gasteiger partial charge in [0.15, 0.2) is 5.84 Å². The first-order valence-electron chi connectivity index (χ1n) is 15.5. The molecular formula is C42H28N2S. The zero-order valence-corrected chi connectivity index (χ0v) is 25.4. The molecule has 0 radical (unpaired) electrons. The fourth-order valence-corrected chi connectivity index (χ4v) is 8.20. The third-order valence-electron chi connectivity index (χ3n) is 9.05. The Balaban J connectivity index is 1.24. The summed E-state index contributed by atoms with van der Waals surface area (Å²) in [6, 6.07) is 43.6. The zero-order valence-electron chi connectivity index (χ0n) is 24.6. The Morgan fingerprint density at radius 1 is 0.689 bits per heavy atom. The Kier molecular flexibility index (Phi) is 6.14. The van der Waals surface area contributed by atoms with Gasteiger partial charge in [0.1, 0.15) is 0 Å². The molecule has 5 aromatic carbocycles. The summed E-state index contributed by atoms with van der Waals surface area (Å²) in [6.45, 7) is 0. The van der Waals surface area contributed by atoms with E-state index < -0.39 is 0 Å². The number of allylic oxidation sites excluding steroid dienone is 2. The number of thiophene rings is 1. The van der Waals surface area contributed by atoms with Crippen molar-refractivity contribution in [3.05, 3.63) is 161 Å². The fourth-order valence-electron chi connectivity index (χ4n) is 6.89. The summed E-state index contributed by atoms with van der Waals surface area (Å²) in [6.07, 6.45) is 8.58. The van der Waals surface area contributed by atoms with E-state index in [1.165, 1.54) is 59.1 Å². The maximum atomic E-state index is 4.90. The van der Waals surface area contributed by atoms with Crippen LogP contribution in [0.1, 0.15) is 33.9 Å². The first-order valence-corrected chi connectivity index (χ1v) is 16.3. The molecule has 1 atom stereocenters. The van der Waals surface area contributed by atoms with E-state index in [9.17, 15) is 0 Å². The summed E-state index contributed by atoms with van der Waals surface area (Å²) in [5.41, 5.74) is 9.92. The Hall–Kier alpha value is -5.43. The predicted octanol–water partition coefficient (Wildman–Crippen LogP) is 10.6. The molecule has 3 heteroatoms. The van der Waals surface area contributed by atoms with Gasteiger partial charge in [0.05, 0.1) is 17.0 Å². The molecule has 0 amide bonds. The number of benzene rings is 5. The van der Waals surface area contributed by atoms with Gasteiger partial charge in [-0.2, -0.15) is 0 Å². The standard InChI is InChI=1S/C42H28N2S/c1-3-10-28(11-4-1)30-20-23-41(43-25-24-30)44-38-21-18-31(29-12-5-2-6-13-29)26-36(38)37-27-32(19-22-39(37)44)33-15-9-16-35-34-14-7-8-17-40(34)45-42(33)35/h1-8,10-15,17-19,21-22,24-27,30H,9,16H2. The SMILES string of the molecule is C1#CC(c2ccccc2)C=CN=C1n1c2ccc(C3=CCCc4c3sc3ccccc43)cc2c2cc(-c3ccccc3)ccc21. The van der Waals surface area contributed by atoms with E-state index in [0.29, 0.717) is 0 Å². The molecular weight excluding hydrogens is 565 g/mol. The van der Waals surface area contributed by atoms with Gasteiger partial charge in [-0.25, -0.2) is 4.99 Å². The molecule has 2 aliphatic rings. The second kappa shape index (κ2) is 10.6. The third kappa shape index (κ3) is 4.38. The molecule has 1 aliphatic carbocycles. The third-order valence-corrected chi connectivity index (χ3v) is 10.3. The molecule has 45 heavy (non-hydrogen) atoms. The Morgan fingerprint density at radius 2 is 1.40 bits per heavy atom. The number of rotatable bonds is 3. The first-order chi connectivity index (χ1) is 22.3. The molecule has 0 fully saturated rings. The molecule has 9 rings (SSSR count). The number of aryl methyl sites for hydroxylation is 1. The Morgan fingerprint density at radius 3 is 2.22 bits per heavy atom. The average Bonchev–Trinajstić information content (AvgIpc) is 3.53. The van der Waals surface area contributed by atoms with Crippen molar-refractivity contribution < 1.29 is 0 Å². The van der Waals surface area contributed by atoms with Gasteiger partial charge >= 0.3 is 0 Å². The fraction of sp³-hybridized carbons (Fsp3) is 0.0714. The van der Waals surface area contributed by atoms with Crippen LogP contribution in [0.4, 0.5) is 0 Å². The maximum Gasteiger partial charge on any atom is 0.190 e. The molecule has 2 aromatic heterocycles. The Bertz CT molecular complexity index is 2430. The van der Waals surface area contributed by atoms with Crippen molar-refractivity contribution in [2.75, 3.05) is 0 Å². The van der Waals surface area contributed by atoms with E-state index in [2.05, 4.69) is 144 Å². The molecule has 7 aromatic rings. The quantitative estimate of drug-likeness (QED) is 0.182. The van der Waals surface area contributed by atoms with Gasteiger partial charge < -0.3 is 0 Å². The highest BCUT2D eigenvalue weighted by Gasteiger charge is 2.22. The van der Waals surface area contributed by atoms with Gasteiger partial charge in [0, 0.05) is 26.5 Å². The second-order valence-corrected chi connectivity index (χ2v) is 12.7. The van der Waals surface area contributed by atoms with E-state index >= 15 is 0 Å². The van der Waals surface area contributed by atoms with Gasteiger partial charge in [-0.3, -0.25) is 4.57 Å². The minimum atomic E-state index is 0.00516. The minimum absolute atomic E-state index is 0.00516. The van der Waals surface area contributed by atoms with Crippen LogP contribution in [0.3, 0.4) is 0 Å². The van der Waals surface area contributed by atoms with Crippen molar-refractivity contribution >= 4 is 54.6 Å². The molecule has 0 bridgehead atoms. The van der Waals surface area contributed by atoms with Crippen LogP contribution < -0.4 is 0 Å². The van der Waals surface area contributed by atoms with E-state index in [1.54, 1.807) is 0 Å². The van der Waals surface area contributed by atoms with Gasteiger partial charge in [-0.15, -0.1) is 11.3 Å². The lowest BCUT2D eigenvalue weighted by Crippen LogP contribution is -2.09. The van der Waals surface area contributed by atoms with Crippen LogP contribution in [-0.4, -0.2) is 10.4 Å². The van der Waals surface area contributed by atoms with E-state index in [4.69, 9.17) is 4.99 Å². The molecule has 0 N–H and O–H groups in total. The number of aromatic nitrogens is 1. The summed E-state index contributed by atoms with van der Waals surface area (Å²) in [5, 5.41) is 3.82. The van der Waals surface area contributed by atoms with Crippen LogP contribution in [0.25, 0.3) is 48.6 Å². The summed E-state index contributed by atoms with van der Waals surface area (Å²) in [4.78, 5) is 6.31. The van der Waals surface area contributed by atoms with Gasteiger partial charge in [-0.1, -0.05) is 103 Å². The lowest BCUT2D eigenvalue weighted by Gasteiger charge is -2.15. The first kappa shape index (κ1) is 26.0. The summed E-state index contributed by atoms with van der Waals surface area (Å²) < 4.78 is 3.61. The predicted molar refractivity (Wildman–Crippen MR) is 191 cm³/mol. The van der Waals surface area contributed by atoms with Crippen LogP contribution in [0.5, 0.6) is 0 Å². The van der Waals surface area contributed by atoms with Gasteiger partial charge in [0.2, 0.25) is 0 Å². The average molecular weight is 593 g/mol. The maximum absolute atomic E-state index is 4.90. The lowest BCUT2D eigenvalue weighted by atomic mass is 9.91. The van der Waals surface area contributed by atoms with Crippen LogP contribution in [0.15, 0.2) is 145 Å². The largest absolute Gasteiger partial charge is 0.287 e. The molecule has 1 aliphatic heterocycles. The summed E-state index contributed by atoms with van der Waals surface area (Å²) in [7, 11) is 0. The van der Waals surface area contributed by atoms with Crippen LogP contribution >= 0.6 is 11.3 Å². The molecule has 0 saturated carbocycles. The lowest BCUT2D eigenvalue weighted by molar-refractivity contribution is 0.998. The monoisotopic (exact) mass is 592 g/mol. The van der Waals surface area contributed by atoms with Crippen LogP contribution in [0.2, 0.25) is 0 Å². The second-order valence-electron chi connectivity index (χ2n) is 11.7. The van der Waals surface area contributed by atoms with Crippen molar-refractivity contribution in [2.45, 2.75) is 18.8 Å². The molecule has 2 nitrogen and oxygen atoms in total. The number of hydrogen-bond acceptors (Lipinski definition) is 2. The number of nitrogens with zero attached hydrogens (tertiary/aromatic N) is 2. The van der Waals surface area contributed by atoms with Gasteiger partial charge in [0.25, 0.3) is 0 Å². The number of aliphatic imine (C=N–C) groups is 1. The number of hydrogen-bond donors (Lipinski definition) is 0. The van der Waals surface area contributed by atoms with Crippen molar-refractivity contribution in [3.8, 4) is 23.0 Å². The highest BCUT2D eigenvalue weighted by molar-refractivity contribution is 7.20. The van der Waals surface area contributed by atoms with E-state index in [0.717, 1.165) is 29.7 Å². The van der Waals surface area contributed by atoms with Crippen LogP contribution in [-0.2, 0) is 6.42 Å². The number of fused-ring (bicyclic) bond motifs is 6. The zero-order chi connectivity index (χ0) is 29.7. The van der Waals surface area contributed by atoms with Crippen molar-refractivity contribution in [1.29, 1.82) is 0 Å². The molecule has 0 saturated heterocycles. The van der Waals surface area contributed by atoms with Crippen molar-refractivity contribution in [2.24, 2.45) is 4.99 Å². The van der Waals surface area contributed by atoms with Crippen molar-refractivity contribution in [1.82, 2.24) is 4.57 Å². The summed E-state index contributed by atoms with van der Waals surface area (Å²) in [5.74, 6) is 7.70. The molecule has 0 spiro atoms. The minimum Gasteiger partial charge on any atom is -0.287 e. The highest BCUT2D eigenvalue weighted by Crippen LogP contribution is 2.43. The topological polar surface area (TPSA) is 17.3 Å². The van der Waals surface area contributed by atoms with Crippen LogP contribution in [0, 0.1) is 11.8 Å².